The third-order valence-corrected chi connectivity index (χ3v) is 4.87. The van der Waals surface area contributed by atoms with Crippen molar-refractivity contribution < 1.29 is 12.4 Å². The van der Waals surface area contributed by atoms with Gasteiger partial charge in [0.1, 0.15) is 0 Å². The van der Waals surface area contributed by atoms with Crippen molar-refractivity contribution >= 4 is 5.69 Å². The molecule has 0 N–H and O–H groups in total. The summed E-state index contributed by atoms with van der Waals surface area (Å²) in [6, 6.07) is 7.88. The van der Waals surface area contributed by atoms with Gasteiger partial charge in [-0.3, -0.25) is 0 Å². The van der Waals surface area contributed by atoms with Crippen LogP contribution in [0.1, 0.15) is 102 Å². The molecule has 1 rings (SSSR count). The largest absolute Gasteiger partial charge is 1.00 e. The number of hydrogen-bond donors (Lipinski definition) is 0. The van der Waals surface area contributed by atoms with Crippen LogP contribution in [-0.4, -0.2) is 0 Å². The van der Waals surface area contributed by atoms with Gasteiger partial charge in [0.05, 0.1) is 0 Å². The summed E-state index contributed by atoms with van der Waals surface area (Å²) < 4.78 is 0. The molecule has 0 bridgehead atoms. The van der Waals surface area contributed by atoms with E-state index < -0.39 is 0 Å². The zero-order valence-corrected chi connectivity index (χ0v) is 16.9. The van der Waals surface area contributed by atoms with Gasteiger partial charge in [-0.2, -0.15) is 0 Å². The van der Waals surface area contributed by atoms with Crippen molar-refractivity contribution in [3.8, 4) is 0 Å². The lowest BCUT2D eigenvalue weighted by atomic mass is 10.0. The van der Waals surface area contributed by atoms with Crippen molar-refractivity contribution in [2.45, 2.75) is 103 Å². The van der Waals surface area contributed by atoms with E-state index in [1.165, 1.54) is 95.5 Å². The molecular formula is C22H37ClN2. The van der Waals surface area contributed by atoms with Crippen LogP contribution in [0.4, 0.5) is 5.69 Å². The van der Waals surface area contributed by atoms with E-state index >= 15 is 0 Å². The number of diazo groups is 1. The molecular weight excluding hydrogens is 328 g/mol. The summed E-state index contributed by atoms with van der Waals surface area (Å²) in [5.74, 6) is 0. The number of benzene rings is 1. The van der Waals surface area contributed by atoms with Crippen LogP contribution < -0.4 is 12.4 Å². The highest BCUT2D eigenvalue weighted by Gasteiger charge is 2.02. The topological polar surface area (TPSA) is 28.1 Å². The van der Waals surface area contributed by atoms with Crippen molar-refractivity contribution in [2.24, 2.45) is 0 Å². The first-order valence-electron chi connectivity index (χ1n) is 10.3. The third-order valence-electron chi connectivity index (χ3n) is 4.87. The molecule has 0 amide bonds. The second-order valence-corrected chi connectivity index (χ2v) is 7.11. The lowest BCUT2D eigenvalue weighted by molar-refractivity contribution is -0.00000543. The van der Waals surface area contributed by atoms with E-state index in [2.05, 4.69) is 24.0 Å². The predicted octanol–water partition coefficient (Wildman–Crippen LogP) is 5.20. The fraction of sp³-hybridized carbons (Fsp3) is 0.727. The van der Waals surface area contributed by atoms with Crippen molar-refractivity contribution in [3.63, 3.8) is 0 Å². The van der Waals surface area contributed by atoms with E-state index in [0.717, 1.165) is 6.42 Å². The zero-order valence-electron chi connectivity index (χ0n) is 16.2. The average molecular weight is 365 g/mol. The van der Waals surface area contributed by atoms with Crippen molar-refractivity contribution in [3.05, 3.63) is 34.8 Å². The number of halogens is 1. The standard InChI is InChI=1S/C22H37N2.ClH/c1-2-3-4-5-6-7-8-9-10-11-12-13-14-15-16-21-17-19-22(24-23)20-18-21;/h17-20H,2-16H2,1H3;1H/q+1;/p-1. The average Bonchev–Trinajstić information content (AvgIpc) is 2.62. The summed E-state index contributed by atoms with van der Waals surface area (Å²) in [5, 5.41) is 8.66. The summed E-state index contributed by atoms with van der Waals surface area (Å²) in [7, 11) is 0. The second kappa shape index (κ2) is 17.7. The minimum Gasteiger partial charge on any atom is -1.00 e. The molecule has 0 saturated heterocycles. The fourth-order valence-corrected chi connectivity index (χ4v) is 3.25. The summed E-state index contributed by atoms with van der Waals surface area (Å²) in [4.78, 5) is 3.18. The molecule has 0 aliphatic rings. The molecule has 1 aromatic rings. The van der Waals surface area contributed by atoms with Crippen LogP contribution in [-0.2, 0) is 6.42 Å². The molecule has 0 radical (unpaired) electrons. The molecule has 0 fully saturated rings. The SMILES string of the molecule is CCCCCCCCCCCCCCCCc1ccc([N+]#N)cc1.[Cl-]. The maximum atomic E-state index is 8.66. The quantitative estimate of drug-likeness (QED) is 0.310. The van der Waals surface area contributed by atoms with E-state index in [0.29, 0.717) is 5.69 Å². The lowest BCUT2D eigenvalue weighted by Crippen LogP contribution is -3.00. The Hall–Kier alpha value is -1.07. The van der Waals surface area contributed by atoms with Gasteiger partial charge in [0.25, 0.3) is 0 Å². The molecule has 3 heteroatoms. The van der Waals surface area contributed by atoms with E-state index in [9.17, 15) is 0 Å². The van der Waals surface area contributed by atoms with Crippen LogP contribution in [0.5, 0.6) is 0 Å². The number of unbranched alkanes of at least 4 members (excludes halogenated alkanes) is 13. The van der Waals surface area contributed by atoms with Gasteiger partial charge in [-0.05, 0) is 18.4 Å². The molecule has 0 spiro atoms. The monoisotopic (exact) mass is 364 g/mol. The Morgan fingerprint density at radius 2 is 1.04 bits per heavy atom. The van der Waals surface area contributed by atoms with E-state index in [-0.39, 0.29) is 12.4 Å². The van der Waals surface area contributed by atoms with Crippen molar-refractivity contribution in [1.29, 1.82) is 5.39 Å². The van der Waals surface area contributed by atoms with E-state index in [4.69, 9.17) is 5.39 Å². The Balaban J connectivity index is 0.00000576. The first-order valence-corrected chi connectivity index (χ1v) is 10.3. The number of aryl methyl sites for hydroxylation is 1. The number of hydrogen-bond acceptors (Lipinski definition) is 1. The molecule has 0 saturated carbocycles. The minimum absolute atomic E-state index is 0. The van der Waals surface area contributed by atoms with Gasteiger partial charge in [-0.15, -0.1) is 0 Å². The van der Waals surface area contributed by atoms with Crippen molar-refractivity contribution in [2.75, 3.05) is 0 Å². The molecule has 0 aromatic heterocycles. The van der Waals surface area contributed by atoms with Gasteiger partial charge in [-0.1, -0.05) is 103 Å². The van der Waals surface area contributed by atoms with Gasteiger partial charge in [0.2, 0.25) is 5.39 Å². The highest BCUT2D eigenvalue weighted by Crippen LogP contribution is 2.16. The van der Waals surface area contributed by atoms with Gasteiger partial charge < -0.3 is 12.4 Å². The Morgan fingerprint density at radius 1 is 0.640 bits per heavy atom. The lowest BCUT2D eigenvalue weighted by Gasteiger charge is -2.03. The Kier molecular flexibility index (Phi) is 17.0. The van der Waals surface area contributed by atoms with Crippen LogP contribution >= 0.6 is 0 Å². The Morgan fingerprint density at radius 3 is 1.44 bits per heavy atom. The third kappa shape index (κ3) is 13.9. The maximum Gasteiger partial charge on any atom is 0.385 e. The molecule has 142 valence electrons. The van der Waals surface area contributed by atoms with Gasteiger partial charge in [0.15, 0.2) is 4.98 Å². The summed E-state index contributed by atoms with van der Waals surface area (Å²) >= 11 is 0. The molecule has 0 aliphatic heterocycles. The smallest absolute Gasteiger partial charge is 0.385 e. The molecule has 0 aliphatic carbocycles. The fourth-order valence-electron chi connectivity index (χ4n) is 3.25. The Labute approximate surface area is 161 Å². The maximum absolute atomic E-state index is 8.66. The first kappa shape index (κ1) is 23.9. The van der Waals surface area contributed by atoms with Crippen LogP contribution in [0.15, 0.2) is 24.3 Å². The molecule has 2 nitrogen and oxygen atoms in total. The number of nitrogens with zero attached hydrogens (tertiary/aromatic N) is 2. The zero-order chi connectivity index (χ0) is 17.3. The van der Waals surface area contributed by atoms with Crippen LogP contribution in [0, 0.1) is 5.39 Å². The summed E-state index contributed by atoms with van der Waals surface area (Å²) in [6.45, 7) is 2.28. The van der Waals surface area contributed by atoms with E-state index in [1.807, 2.05) is 12.1 Å². The van der Waals surface area contributed by atoms with Gasteiger partial charge >= 0.3 is 5.69 Å². The summed E-state index contributed by atoms with van der Waals surface area (Å²) in [5.41, 5.74) is 1.99. The van der Waals surface area contributed by atoms with Crippen molar-refractivity contribution in [1.82, 2.24) is 0 Å². The minimum atomic E-state index is 0. The normalized spacial score (nSPS) is 10.2. The molecule has 0 heterocycles. The molecule has 0 unspecified atom stereocenters. The van der Waals surface area contributed by atoms with E-state index in [1.54, 1.807) is 0 Å². The highest BCUT2D eigenvalue weighted by molar-refractivity contribution is 5.44. The summed E-state index contributed by atoms with van der Waals surface area (Å²) in [6.07, 6.45) is 20.8. The number of rotatable bonds is 15. The molecule has 25 heavy (non-hydrogen) atoms. The first-order chi connectivity index (χ1) is 11.9. The van der Waals surface area contributed by atoms with Gasteiger partial charge in [-0.25, -0.2) is 0 Å². The highest BCUT2D eigenvalue weighted by atomic mass is 35.5. The predicted molar refractivity (Wildman–Crippen MR) is 105 cm³/mol. The van der Waals surface area contributed by atoms with Crippen LogP contribution in [0.25, 0.3) is 4.98 Å². The van der Waals surface area contributed by atoms with Crippen LogP contribution in [0.3, 0.4) is 0 Å². The molecule has 1 aromatic carbocycles. The van der Waals surface area contributed by atoms with Crippen LogP contribution in [0.2, 0.25) is 0 Å². The second-order valence-electron chi connectivity index (χ2n) is 7.11. The Bertz CT molecular complexity index is 436. The molecule has 0 atom stereocenters. The van der Waals surface area contributed by atoms with Gasteiger partial charge in [0, 0.05) is 12.1 Å².